The second-order valence-electron chi connectivity index (χ2n) is 4.76. The molecule has 114 valence electrons. The van der Waals surface area contributed by atoms with E-state index in [2.05, 4.69) is 47.0 Å². The molecule has 0 amide bonds. The van der Waals surface area contributed by atoms with Gasteiger partial charge in [0.05, 0.1) is 6.21 Å². The number of nitrogens with zero attached hydrogens (tertiary/aromatic N) is 1. The van der Waals surface area contributed by atoms with Crippen LogP contribution < -0.4 is 15.5 Å². The maximum Gasteiger partial charge on any atom is 0.186 e. The number of hydrogen-bond acceptors (Lipinski definition) is 3. The summed E-state index contributed by atoms with van der Waals surface area (Å²) in [6.45, 7) is 2.59. The SMILES string of the molecule is CNC(=S)N/N=C/c1ccccc1OCc1ccc(C)cc1. The second-order valence-corrected chi connectivity index (χ2v) is 5.17. The van der Waals surface area contributed by atoms with Crippen LogP contribution in [-0.4, -0.2) is 18.4 Å². The van der Waals surface area contributed by atoms with E-state index < -0.39 is 0 Å². The van der Waals surface area contributed by atoms with Crippen LogP contribution in [0, 0.1) is 6.92 Å². The first kappa shape index (κ1) is 16.0. The Kier molecular flexibility index (Phi) is 5.91. The summed E-state index contributed by atoms with van der Waals surface area (Å²) in [5, 5.41) is 7.34. The zero-order chi connectivity index (χ0) is 15.8. The van der Waals surface area contributed by atoms with E-state index in [4.69, 9.17) is 17.0 Å². The highest BCUT2D eigenvalue weighted by Gasteiger charge is 2.01. The lowest BCUT2D eigenvalue weighted by atomic mass is 10.1. The van der Waals surface area contributed by atoms with Gasteiger partial charge in [-0.3, -0.25) is 5.43 Å². The minimum absolute atomic E-state index is 0.467. The van der Waals surface area contributed by atoms with E-state index >= 15 is 0 Å². The lowest BCUT2D eigenvalue weighted by Crippen LogP contribution is -2.28. The van der Waals surface area contributed by atoms with Crippen molar-refractivity contribution < 1.29 is 4.74 Å². The van der Waals surface area contributed by atoms with Crippen LogP contribution in [0.3, 0.4) is 0 Å². The number of thiocarbonyl (C=S) groups is 1. The molecular formula is C17H19N3OS. The highest BCUT2D eigenvalue weighted by Crippen LogP contribution is 2.17. The molecule has 0 radical (unpaired) electrons. The molecule has 0 spiro atoms. The van der Waals surface area contributed by atoms with E-state index in [0.717, 1.165) is 16.9 Å². The van der Waals surface area contributed by atoms with Gasteiger partial charge in [0, 0.05) is 12.6 Å². The number of hydrazone groups is 1. The molecule has 0 aromatic heterocycles. The molecule has 0 aliphatic rings. The number of benzene rings is 2. The summed E-state index contributed by atoms with van der Waals surface area (Å²) < 4.78 is 5.88. The van der Waals surface area contributed by atoms with Crippen LogP contribution in [-0.2, 0) is 6.61 Å². The predicted molar refractivity (Wildman–Crippen MR) is 94.3 cm³/mol. The van der Waals surface area contributed by atoms with Crippen molar-refractivity contribution in [3.05, 3.63) is 65.2 Å². The Hall–Kier alpha value is -2.40. The quantitative estimate of drug-likeness (QED) is 0.506. The standard InChI is InChI=1S/C17H19N3OS/c1-13-7-9-14(10-8-13)12-21-16-6-4-3-5-15(16)11-19-20-17(22)18-2/h3-11H,12H2,1-2H3,(H2,18,20,22)/b19-11+. The third-order valence-corrected chi connectivity index (χ3v) is 3.33. The Morgan fingerprint density at radius 2 is 1.91 bits per heavy atom. The van der Waals surface area contributed by atoms with Gasteiger partial charge in [-0.05, 0) is 36.8 Å². The van der Waals surface area contributed by atoms with Crippen LogP contribution in [0.15, 0.2) is 53.6 Å². The minimum atomic E-state index is 0.467. The zero-order valence-corrected chi connectivity index (χ0v) is 13.5. The van der Waals surface area contributed by atoms with Crippen LogP contribution in [0.25, 0.3) is 0 Å². The van der Waals surface area contributed by atoms with Crippen molar-refractivity contribution in [1.82, 2.24) is 10.7 Å². The molecule has 0 aliphatic carbocycles. The Bertz CT molecular complexity index is 653. The van der Waals surface area contributed by atoms with Gasteiger partial charge < -0.3 is 10.1 Å². The zero-order valence-electron chi connectivity index (χ0n) is 12.7. The van der Waals surface area contributed by atoms with Gasteiger partial charge >= 0.3 is 0 Å². The summed E-state index contributed by atoms with van der Waals surface area (Å²) in [4.78, 5) is 0. The average Bonchev–Trinajstić information content (AvgIpc) is 2.55. The van der Waals surface area contributed by atoms with Gasteiger partial charge in [0.15, 0.2) is 5.11 Å². The molecule has 4 nitrogen and oxygen atoms in total. The van der Waals surface area contributed by atoms with E-state index in [1.807, 2.05) is 24.3 Å². The van der Waals surface area contributed by atoms with Crippen molar-refractivity contribution in [2.24, 2.45) is 5.10 Å². The highest BCUT2D eigenvalue weighted by molar-refractivity contribution is 7.80. The third kappa shape index (κ3) is 4.86. The predicted octanol–water partition coefficient (Wildman–Crippen LogP) is 3.00. The third-order valence-electron chi connectivity index (χ3n) is 3.03. The van der Waals surface area contributed by atoms with Crippen molar-refractivity contribution >= 4 is 23.5 Å². The Labute approximate surface area is 136 Å². The molecule has 0 aliphatic heterocycles. The number of ether oxygens (including phenoxy) is 1. The van der Waals surface area contributed by atoms with Crippen LogP contribution in [0.2, 0.25) is 0 Å². The van der Waals surface area contributed by atoms with Gasteiger partial charge in [0.25, 0.3) is 0 Å². The first-order chi connectivity index (χ1) is 10.7. The molecule has 0 heterocycles. The molecule has 0 unspecified atom stereocenters. The topological polar surface area (TPSA) is 45.7 Å². The molecule has 0 saturated heterocycles. The molecule has 0 bridgehead atoms. The maximum atomic E-state index is 5.88. The number of nitrogens with one attached hydrogen (secondary N) is 2. The average molecular weight is 313 g/mol. The number of hydrogen-bond donors (Lipinski definition) is 2. The highest BCUT2D eigenvalue weighted by atomic mass is 32.1. The molecule has 5 heteroatoms. The van der Waals surface area contributed by atoms with Crippen molar-refractivity contribution in [2.75, 3.05) is 7.05 Å². The van der Waals surface area contributed by atoms with E-state index in [0.29, 0.717) is 11.7 Å². The molecule has 2 aromatic rings. The van der Waals surface area contributed by atoms with Crippen LogP contribution >= 0.6 is 12.2 Å². The van der Waals surface area contributed by atoms with E-state index in [1.165, 1.54) is 5.56 Å². The fourth-order valence-electron chi connectivity index (χ4n) is 1.78. The normalized spacial score (nSPS) is 10.5. The van der Waals surface area contributed by atoms with Gasteiger partial charge in [-0.2, -0.15) is 5.10 Å². The Morgan fingerprint density at radius 1 is 1.18 bits per heavy atom. The van der Waals surface area contributed by atoms with Gasteiger partial charge in [-0.1, -0.05) is 42.0 Å². The van der Waals surface area contributed by atoms with Crippen LogP contribution in [0.4, 0.5) is 0 Å². The van der Waals surface area contributed by atoms with Gasteiger partial charge in [-0.25, -0.2) is 0 Å². The molecule has 22 heavy (non-hydrogen) atoms. The summed E-state index contributed by atoms with van der Waals surface area (Å²) in [6, 6.07) is 16.0. The lowest BCUT2D eigenvalue weighted by molar-refractivity contribution is 0.306. The van der Waals surface area contributed by atoms with Gasteiger partial charge in [0.2, 0.25) is 0 Å². The van der Waals surface area contributed by atoms with Crippen LogP contribution in [0.5, 0.6) is 5.75 Å². The van der Waals surface area contributed by atoms with E-state index in [-0.39, 0.29) is 0 Å². The molecule has 2 N–H and O–H groups in total. The van der Waals surface area contributed by atoms with Gasteiger partial charge in [-0.15, -0.1) is 0 Å². The van der Waals surface area contributed by atoms with E-state index in [1.54, 1.807) is 13.3 Å². The summed E-state index contributed by atoms with van der Waals surface area (Å²) in [7, 11) is 1.74. The summed E-state index contributed by atoms with van der Waals surface area (Å²) in [5.41, 5.74) is 5.98. The molecule has 0 saturated carbocycles. The fourth-order valence-corrected chi connectivity index (χ4v) is 1.83. The second kappa shape index (κ2) is 8.14. The number of para-hydroxylation sites is 1. The first-order valence-corrected chi connectivity index (χ1v) is 7.38. The maximum absolute atomic E-state index is 5.88. The van der Waals surface area contributed by atoms with Crippen molar-refractivity contribution in [2.45, 2.75) is 13.5 Å². The van der Waals surface area contributed by atoms with Gasteiger partial charge in [0.1, 0.15) is 12.4 Å². The van der Waals surface area contributed by atoms with Crippen molar-refractivity contribution in [3.8, 4) is 5.75 Å². The van der Waals surface area contributed by atoms with Crippen molar-refractivity contribution in [1.29, 1.82) is 0 Å². The largest absolute Gasteiger partial charge is 0.488 e. The number of rotatable bonds is 5. The van der Waals surface area contributed by atoms with E-state index in [9.17, 15) is 0 Å². The minimum Gasteiger partial charge on any atom is -0.488 e. The lowest BCUT2D eigenvalue weighted by Gasteiger charge is -2.09. The smallest absolute Gasteiger partial charge is 0.186 e. The Balaban J connectivity index is 2.01. The van der Waals surface area contributed by atoms with Crippen LogP contribution in [0.1, 0.15) is 16.7 Å². The molecule has 2 aromatic carbocycles. The molecular weight excluding hydrogens is 294 g/mol. The fraction of sp³-hybridized carbons (Fsp3) is 0.176. The summed E-state index contributed by atoms with van der Waals surface area (Å²) >= 11 is 4.96. The number of aryl methyl sites for hydroxylation is 1. The van der Waals surface area contributed by atoms with Crippen molar-refractivity contribution in [3.63, 3.8) is 0 Å². The summed E-state index contributed by atoms with van der Waals surface area (Å²) in [5.74, 6) is 0.781. The summed E-state index contributed by atoms with van der Waals surface area (Å²) in [6.07, 6.45) is 1.69. The Morgan fingerprint density at radius 3 is 2.64 bits per heavy atom. The molecule has 0 atom stereocenters. The molecule has 2 rings (SSSR count). The molecule has 0 fully saturated rings. The first-order valence-electron chi connectivity index (χ1n) is 6.97. The monoisotopic (exact) mass is 313 g/mol.